The molecule has 0 saturated carbocycles. The van der Waals surface area contributed by atoms with Crippen LogP contribution < -0.4 is 0 Å². The SMILES string of the molecule is CC1CCCC(C)N1C(=O)C(=O)N1CCCCCC1. The van der Waals surface area contributed by atoms with E-state index in [0.29, 0.717) is 0 Å². The monoisotopic (exact) mass is 266 g/mol. The van der Waals surface area contributed by atoms with Crippen molar-refractivity contribution < 1.29 is 9.59 Å². The van der Waals surface area contributed by atoms with E-state index in [1.165, 1.54) is 12.8 Å². The highest BCUT2D eigenvalue weighted by atomic mass is 16.2. The number of hydrogen-bond donors (Lipinski definition) is 0. The van der Waals surface area contributed by atoms with Gasteiger partial charge in [-0.1, -0.05) is 12.8 Å². The van der Waals surface area contributed by atoms with Gasteiger partial charge in [0.2, 0.25) is 0 Å². The number of likely N-dealkylation sites (tertiary alicyclic amines) is 2. The first-order valence-electron chi connectivity index (χ1n) is 7.73. The summed E-state index contributed by atoms with van der Waals surface area (Å²) in [5.74, 6) is -0.552. The van der Waals surface area contributed by atoms with Crippen molar-refractivity contribution in [2.45, 2.75) is 70.9 Å². The quantitative estimate of drug-likeness (QED) is 0.631. The lowest BCUT2D eigenvalue weighted by atomic mass is 9.97. The Labute approximate surface area is 116 Å². The largest absolute Gasteiger partial charge is 0.334 e. The van der Waals surface area contributed by atoms with Gasteiger partial charge in [0.25, 0.3) is 0 Å². The number of carbonyl (C=O) groups excluding carboxylic acids is 2. The van der Waals surface area contributed by atoms with Crippen LogP contribution in [0.15, 0.2) is 0 Å². The Hall–Kier alpha value is -1.06. The highest BCUT2D eigenvalue weighted by Gasteiger charge is 2.34. The number of carbonyl (C=O) groups is 2. The third-order valence-corrected chi connectivity index (χ3v) is 4.50. The van der Waals surface area contributed by atoms with E-state index in [1.807, 2.05) is 4.90 Å². The summed E-state index contributed by atoms with van der Waals surface area (Å²) in [6, 6.07) is 0.402. The molecule has 2 heterocycles. The van der Waals surface area contributed by atoms with Crippen molar-refractivity contribution >= 4 is 11.8 Å². The lowest BCUT2D eigenvalue weighted by molar-refractivity contribution is -0.155. The fraction of sp³-hybridized carbons (Fsp3) is 0.867. The molecule has 2 aliphatic rings. The molecule has 0 N–H and O–H groups in total. The van der Waals surface area contributed by atoms with Gasteiger partial charge in [0.05, 0.1) is 0 Å². The fourth-order valence-corrected chi connectivity index (χ4v) is 3.34. The topological polar surface area (TPSA) is 40.6 Å². The van der Waals surface area contributed by atoms with Crippen LogP contribution in [-0.2, 0) is 9.59 Å². The molecule has 2 atom stereocenters. The summed E-state index contributed by atoms with van der Waals surface area (Å²) in [7, 11) is 0. The van der Waals surface area contributed by atoms with E-state index in [2.05, 4.69) is 13.8 Å². The smallest absolute Gasteiger partial charge is 0.312 e. The van der Waals surface area contributed by atoms with Crippen molar-refractivity contribution in [2.24, 2.45) is 0 Å². The molecular weight excluding hydrogens is 240 g/mol. The molecule has 2 fully saturated rings. The number of amides is 2. The van der Waals surface area contributed by atoms with Crippen LogP contribution in [0.2, 0.25) is 0 Å². The lowest BCUT2D eigenvalue weighted by Gasteiger charge is -2.39. The van der Waals surface area contributed by atoms with E-state index in [4.69, 9.17) is 0 Å². The molecule has 0 aliphatic carbocycles. The Morgan fingerprint density at radius 3 is 1.84 bits per heavy atom. The van der Waals surface area contributed by atoms with Crippen LogP contribution in [0.1, 0.15) is 58.8 Å². The minimum Gasteiger partial charge on any atom is -0.334 e. The Bertz CT molecular complexity index is 325. The van der Waals surface area contributed by atoms with Gasteiger partial charge in [0, 0.05) is 25.2 Å². The van der Waals surface area contributed by atoms with Crippen LogP contribution in [0.25, 0.3) is 0 Å². The molecule has 108 valence electrons. The molecule has 4 nitrogen and oxygen atoms in total. The number of nitrogens with zero attached hydrogens (tertiary/aromatic N) is 2. The summed E-state index contributed by atoms with van der Waals surface area (Å²) in [5.41, 5.74) is 0. The first kappa shape index (κ1) is 14.4. The molecule has 0 spiro atoms. The van der Waals surface area contributed by atoms with Gasteiger partial charge in [-0.15, -0.1) is 0 Å². The summed E-state index contributed by atoms with van der Waals surface area (Å²) in [6.07, 6.45) is 7.61. The lowest BCUT2D eigenvalue weighted by Crippen LogP contribution is -2.53. The molecule has 2 saturated heterocycles. The summed E-state index contributed by atoms with van der Waals surface area (Å²) in [4.78, 5) is 28.4. The maximum atomic E-state index is 12.5. The highest BCUT2D eigenvalue weighted by molar-refractivity contribution is 6.35. The van der Waals surface area contributed by atoms with E-state index in [0.717, 1.165) is 45.2 Å². The highest BCUT2D eigenvalue weighted by Crippen LogP contribution is 2.23. The molecule has 2 rings (SSSR count). The van der Waals surface area contributed by atoms with E-state index < -0.39 is 0 Å². The maximum Gasteiger partial charge on any atom is 0.312 e. The Morgan fingerprint density at radius 1 is 0.789 bits per heavy atom. The van der Waals surface area contributed by atoms with Gasteiger partial charge >= 0.3 is 11.8 Å². The second-order valence-electron chi connectivity index (χ2n) is 6.05. The van der Waals surface area contributed by atoms with Gasteiger partial charge in [-0.05, 0) is 46.0 Å². The van der Waals surface area contributed by atoms with Crippen molar-refractivity contribution in [3.63, 3.8) is 0 Å². The third-order valence-electron chi connectivity index (χ3n) is 4.50. The minimum atomic E-state index is -0.276. The maximum absolute atomic E-state index is 12.5. The zero-order valence-electron chi connectivity index (χ0n) is 12.2. The number of rotatable bonds is 0. The van der Waals surface area contributed by atoms with Crippen molar-refractivity contribution in [3.8, 4) is 0 Å². The average Bonchev–Trinajstić information content (AvgIpc) is 2.66. The predicted molar refractivity (Wildman–Crippen MR) is 74.7 cm³/mol. The van der Waals surface area contributed by atoms with E-state index in [9.17, 15) is 9.59 Å². The first-order valence-corrected chi connectivity index (χ1v) is 7.73. The van der Waals surface area contributed by atoms with Crippen molar-refractivity contribution in [1.82, 2.24) is 9.80 Å². The average molecular weight is 266 g/mol. The Morgan fingerprint density at radius 2 is 1.32 bits per heavy atom. The number of hydrogen-bond acceptors (Lipinski definition) is 2. The summed E-state index contributed by atoms with van der Waals surface area (Å²) >= 11 is 0. The molecule has 0 aromatic carbocycles. The van der Waals surface area contributed by atoms with E-state index in [1.54, 1.807) is 4.90 Å². The van der Waals surface area contributed by atoms with Crippen LogP contribution in [0.3, 0.4) is 0 Å². The zero-order chi connectivity index (χ0) is 13.8. The van der Waals surface area contributed by atoms with Crippen LogP contribution in [-0.4, -0.2) is 46.8 Å². The van der Waals surface area contributed by atoms with Gasteiger partial charge in [0.1, 0.15) is 0 Å². The second kappa shape index (κ2) is 6.40. The van der Waals surface area contributed by atoms with Gasteiger partial charge in [-0.3, -0.25) is 9.59 Å². The van der Waals surface area contributed by atoms with E-state index >= 15 is 0 Å². The molecule has 0 aromatic rings. The minimum absolute atomic E-state index is 0.201. The fourth-order valence-electron chi connectivity index (χ4n) is 3.34. The van der Waals surface area contributed by atoms with Crippen molar-refractivity contribution in [2.75, 3.05) is 13.1 Å². The molecular formula is C15H26N2O2. The molecule has 2 unspecified atom stereocenters. The predicted octanol–water partition coefficient (Wildman–Crippen LogP) is 2.18. The van der Waals surface area contributed by atoms with Crippen molar-refractivity contribution in [3.05, 3.63) is 0 Å². The molecule has 2 amide bonds. The molecule has 19 heavy (non-hydrogen) atoms. The first-order chi connectivity index (χ1) is 9.11. The van der Waals surface area contributed by atoms with Crippen LogP contribution >= 0.6 is 0 Å². The second-order valence-corrected chi connectivity index (χ2v) is 6.05. The summed E-state index contributed by atoms with van der Waals surface area (Å²) < 4.78 is 0. The molecule has 0 aromatic heterocycles. The molecule has 0 radical (unpaired) electrons. The van der Waals surface area contributed by atoms with Gasteiger partial charge < -0.3 is 9.80 Å². The van der Waals surface area contributed by atoms with Crippen LogP contribution in [0.4, 0.5) is 0 Å². The standard InChI is InChI=1S/C15H26N2O2/c1-12-8-7-9-13(2)17(12)15(19)14(18)16-10-5-3-4-6-11-16/h12-13H,3-11H2,1-2H3. The molecule has 0 bridgehead atoms. The molecule has 4 heteroatoms. The van der Waals surface area contributed by atoms with Gasteiger partial charge in [0.15, 0.2) is 0 Å². The Balaban J connectivity index is 2.02. The normalized spacial score (nSPS) is 28.9. The summed E-state index contributed by atoms with van der Waals surface area (Å²) in [6.45, 7) is 5.62. The Kier molecular flexibility index (Phi) is 4.83. The molecule has 2 aliphatic heterocycles. The van der Waals surface area contributed by atoms with Crippen LogP contribution in [0.5, 0.6) is 0 Å². The van der Waals surface area contributed by atoms with E-state index in [-0.39, 0.29) is 23.9 Å². The number of piperidine rings is 1. The van der Waals surface area contributed by atoms with Gasteiger partial charge in [-0.2, -0.15) is 0 Å². The summed E-state index contributed by atoms with van der Waals surface area (Å²) in [5, 5.41) is 0. The van der Waals surface area contributed by atoms with Crippen LogP contribution in [0, 0.1) is 0 Å². The van der Waals surface area contributed by atoms with Gasteiger partial charge in [-0.25, -0.2) is 0 Å². The van der Waals surface area contributed by atoms with Crippen molar-refractivity contribution in [1.29, 1.82) is 0 Å². The third kappa shape index (κ3) is 3.28. The zero-order valence-corrected chi connectivity index (χ0v) is 12.2.